The third-order valence-electron chi connectivity index (χ3n) is 5.56. The van der Waals surface area contributed by atoms with Crippen molar-refractivity contribution in [2.45, 2.75) is 18.3 Å². The molecule has 5 heteroatoms. The number of fused-ring (bicyclic) bond motifs is 2. The number of hydrogen-bond donors (Lipinski definition) is 2. The number of rotatable bonds is 3. The lowest BCUT2D eigenvalue weighted by Crippen LogP contribution is -2.36. The van der Waals surface area contributed by atoms with Gasteiger partial charge in [-0.3, -0.25) is 4.98 Å². The van der Waals surface area contributed by atoms with E-state index in [0.29, 0.717) is 6.54 Å². The SMILES string of the molecule is NCC1(c2cccc(-c3ncnc4[nH]ccc34)c2)Cc2ccncc2C1. The Bertz CT molecular complexity index is 1070. The molecule has 0 saturated carbocycles. The van der Waals surface area contributed by atoms with Crippen LogP contribution in [0.15, 0.2) is 61.3 Å². The van der Waals surface area contributed by atoms with Gasteiger partial charge in [-0.2, -0.15) is 0 Å². The molecule has 1 unspecified atom stereocenters. The fourth-order valence-corrected chi connectivity index (χ4v) is 4.14. The molecule has 0 amide bonds. The van der Waals surface area contributed by atoms with Gasteiger partial charge < -0.3 is 10.7 Å². The van der Waals surface area contributed by atoms with Gasteiger partial charge in [0.2, 0.25) is 0 Å². The zero-order valence-corrected chi connectivity index (χ0v) is 14.3. The predicted octanol–water partition coefficient (Wildman–Crippen LogP) is 3.02. The summed E-state index contributed by atoms with van der Waals surface area (Å²) in [7, 11) is 0. The highest BCUT2D eigenvalue weighted by Gasteiger charge is 2.38. The highest BCUT2D eigenvalue weighted by molar-refractivity contribution is 5.90. The summed E-state index contributed by atoms with van der Waals surface area (Å²) in [6.45, 7) is 0.606. The van der Waals surface area contributed by atoms with E-state index in [2.05, 4.69) is 50.3 Å². The second-order valence-electron chi connectivity index (χ2n) is 7.03. The summed E-state index contributed by atoms with van der Waals surface area (Å²) in [4.78, 5) is 16.3. The monoisotopic (exact) mass is 341 g/mol. The number of H-pyrrole nitrogens is 1. The average Bonchev–Trinajstić information content (AvgIpc) is 3.32. The number of hydrogen-bond acceptors (Lipinski definition) is 4. The summed E-state index contributed by atoms with van der Waals surface area (Å²) in [5.74, 6) is 0. The largest absolute Gasteiger partial charge is 0.346 e. The Kier molecular flexibility index (Phi) is 3.36. The first-order valence-corrected chi connectivity index (χ1v) is 8.80. The molecule has 0 saturated heterocycles. The summed E-state index contributed by atoms with van der Waals surface area (Å²) in [6.07, 6.45) is 9.23. The van der Waals surface area contributed by atoms with Crippen molar-refractivity contribution in [2.24, 2.45) is 5.73 Å². The summed E-state index contributed by atoms with van der Waals surface area (Å²) in [5, 5.41) is 1.03. The Labute approximate surface area is 151 Å². The molecular formula is C21H19N5. The number of nitrogens with two attached hydrogens (primary N) is 1. The number of pyridine rings is 1. The van der Waals surface area contributed by atoms with Crippen molar-refractivity contribution in [1.82, 2.24) is 19.9 Å². The molecule has 4 aromatic rings. The van der Waals surface area contributed by atoms with Crippen LogP contribution >= 0.6 is 0 Å². The molecular weight excluding hydrogens is 322 g/mol. The predicted molar refractivity (Wildman–Crippen MR) is 102 cm³/mol. The van der Waals surface area contributed by atoms with Gasteiger partial charge in [-0.15, -0.1) is 0 Å². The Balaban J connectivity index is 1.61. The number of nitrogens with one attached hydrogen (secondary N) is 1. The average molecular weight is 341 g/mol. The molecule has 3 N–H and O–H groups in total. The van der Waals surface area contributed by atoms with Gasteiger partial charge in [0.1, 0.15) is 12.0 Å². The summed E-state index contributed by atoms with van der Waals surface area (Å²) in [6, 6.07) is 12.8. The van der Waals surface area contributed by atoms with E-state index in [-0.39, 0.29) is 5.41 Å². The van der Waals surface area contributed by atoms with Gasteiger partial charge in [-0.25, -0.2) is 9.97 Å². The molecule has 3 heterocycles. The van der Waals surface area contributed by atoms with Gasteiger partial charge in [-0.1, -0.05) is 18.2 Å². The van der Waals surface area contributed by atoms with Crippen LogP contribution in [-0.2, 0) is 18.3 Å². The number of aromatic nitrogens is 4. The van der Waals surface area contributed by atoms with E-state index in [1.54, 1.807) is 6.33 Å². The Morgan fingerprint density at radius 3 is 2.88 bits per heavy atom. The van der Waals surface area contributed by atoms with Gasteiger partial charge in [0, 0.05) is 41.5 Å². The van der Waals surface area contributed by atoms with Crippen LogP contribution in [0, 0.1) is 0 Å². The summed E-state index contributed by atoms with van der Waals surface area (Å²) >= 11 is 0. The molecule has 1 aromatic carbocycles. The van der Waals surface area contributed by atoms with Gasteiger partial charge in [-0.05, 0) is 47.7 Å². The molecule has 3 aromatic heterocycles. The molecule has 0 radical (unpaired) electrons. The van der Waals surface area contributed by atoms with Crippen LogP contribution in [0.5, 0.6) is 0 Å². The van der Waals surface area contributed by atoms with E-state index in [1.807, 2.05) is 24.7 Å². The van der Waals surface area contributed by atoms with Gasteiger partial charge in [0.05, 0.1) is 5.69 Å². The van der Waals surface area contributed by atoms with Crippen molar-refractivity contribution in [3.63, 3.8) is 0 Å². The minimum absolute atomic E-state index is 0.0777. The van der Waals surface area contributed by atoms with Crippen LogP contribution in [-0.4, -0.2) is 26.5 Å². The Morgan fingerprint density at radius 2 is 2.00 bits per heavy atom. The third-order valence-corrected chi connectivity index (χ3v) is 5.56. The Morgan fingerprint density at radius 1 is 1.08 bits per heavy atom. The quantitative estimate of drug-likeness (QED) is 0.600. The van der Waals surface area contributed by atoms with Crippen molar-refractivity contribution in [1.29, 1.82) is 0 Å². The number of benzene rings is 1. The molecule has 0 spiro atoms. The first-order valence-electron chi connectivity index (χ1n) is 8.80. The van der Waals surface area contributed by atoms with E-state index in [9.17, 15) is 0 Å². The highest BCUT2D eigenvalue weighted by atomic mass is 14.9. The summed E-state index contributed by atoms with van der Waals surface area (Å²) < 4.78 is 0. The van der Waals surface area contributed by atoms with Gasteiger partial charge >= 0.3 is 0 Å². The van der Waals surface area contributed by atoms with Crippen molar-refractivity contribution >= 4 is 11.0 Å². The first kappa shape index (κ1) is 15.2. The molecule has 1 aliphatic carbocycles. The normalized spacial score (nSPS) is 19.0. The van der Waals surface area contributed by atoms with Crippen molar-refractivity contribution in [3.05, 3.63) is 78.0 Å². The molecule has 26 heavy (non-hydrogen) atoms. The van der Waals surface area contributed by atoms with E-state index < -0.39 is 0 Å². The van der Waals surface area contributed by atoms with Crippen LogP contribution in [0.3, 0.4) is 0 Å². The second kappa shape index (κ2) is 5.75. The molecule has 1 aliphatic rings. The van der Waals surface area contributed by atoms with Crippen molar-refractivity contribution < 1.29 is 0 Å². The molecule has 5 rings (SSSR count). The maximum absolute atomic E-state index is 6.29. The second-order valence-corrected chi connectivity index (χ2v) is 7.03. The van der Waals surface area contributed by atoms with Crippen molar-refractivity contribution in [2.75, 3.05) is 6.54 Å². The summed E-state index contributed by atoms with van der Waals surface area (Å²) in [5.41, 5.74) is 13.0. The lowest BCUT2D eigenvalue weighted by atomic mass is 9.77. The lowest BCUT2D eigenvalue weighted by molar-refractivity contribution is 0.463. The van der Waals surface area contributed by atoms with E-state index in [1.165, 1.54) is 16.7 Å². The first-order chi connectivity index (χ1) is 12.8. The van der Waals surface area contributed by atoms with Crippen LogP contribution in [0.4, 0.5) is 0 Å². The van der Waals surface area contributed by atoms with Gasteiger partial charge in [0.25, 0.3) is 0 Å². The molecule has 128 valence electrons. The van der Waals surface area contributed by atoms with Crippen LogP contribution in [0.2, 0.25) is 0 Å². The molecule has 5 nitrogen and oxygen atoms in total. The topological polar surface area (TPSA) is 80.5 Å². The molecule has 0 fully saturated rings. The van der Waals surface area contributed by atoms with Crippen LogP contribution in [0.1, 0.15) is 16.7 Å². The third kappa shape index (κ3) is 2.24. The highest BCUT2D eigenvalue weighted by Crippen LogP contribution is 2.40. The smallest absolute Gasteiger partial charge is 0.141 e. The standard InChI is InChI=1S/C21H19N5/c22-12-21(9-15-4-6-23-11-16(15)10-21)17-3-1-2-14(8-17)19-18-5-7-24-20(18)26-13-25-19/h1-8,11,13H,9-10,12,22H2,(H,24,25,26). The van der Waals surface area contributed by atoms with Crippen LogP contribution < -0.4 is 5.73 Å². The maximum atomic E-state index is 6.29. The zero-order valence-electron chi connectivity index (χ0n) is 14.3. The van der Waals surface area contributed by atoms with E-state index in [0.717, 1.165) is 35.1 Å². The fourth-order valence-electron chi connectivity index (χ4n) is 4.14. The van der Waals surface area contributed by atoms with Crippen molar-refractivity contribution in [3.8, 4) is 11.3 Å². The minimum atomic E-state index is -0.0777. The number of nitrogens with zero attached hydrogens (tertiary/aromatic N) is 3. The zero-order chi connectivity index (χ0) is 17.6. The molecule has 0 bridgehead atoms. The van der Waals surface area contributed by atoms with Crippen LogP contribution in [0.25, 0.3) is 22.3 Å². The minimum Gasteiger partial charge on any atom is -0.346 e. The van der Waals surface area contributed by atoms with E-state index >= 15 is 0 Å². The Hall–Kier alpha value is -3.05. The molecule has 0 aliphatic heterocycles. The lowest BCUT2D eigenvalue weighted by Gasteiger charge is -2.28. The number of aromatic amines is 1. The van der Waals surface area contributed by atoms with Gasteiger partial charge in [0.15, 0.2) is 0 Å². The van der Waals surface area contributed by atoms with E-state index in [4.69, 9.17) is 5.73 Å². The maximum Gasteiger partial charge on any atom is 0.141 e. The fraction of sp³-hybridized carbons (Fsp3) is 0.190. The molecule has 1 atom stereocenters.